The monoisotopic (exact) mass is 300 g/mol. The average molecular weight is 300 g/mol. The van der Waals surface area contributed by atoms with E-state index < -0.39 is 0 Å². The van der Waals surface area contributed by atoms with Gasteiger partial charge in [0.25, 0.3) is 0 Å². The van der Waals surface area contributed by atoms with Gasteiger partial charge in [0, 0.05) is 31.4 Å². The summed E-state index contributed by atoms with van der Waals surface area (Å²) in [4.78, 5) is 11.4. The van der Waals surface area contributed by atoms with Crippen LogP contribution in [0.25, 0.3) is 0 Å². The maximum Gasteiger partial charge on any atom is 0.225 e. The number of hydrogen-bond acceptors (Lipinski definition) is 4. The fourth-order valence-electron chi connectivity index (χ4n) is 2.70. The molecule has 4 nitrogen and oxygen atoms in total. The molecule has 1 saturated heterocycles. The van der Waals surface area contributed by atoms with Crippen LogP contribution in [0.5, 0.6) is 0 Å². The Balaban J connectivity index is 1.70. The molecule has 0 amide bonds. The summed E-state index contributed by atoms with van der Waals surface area (Å²) in [5, 5.41) is 3.23. The van der Waals surface area contributed by atoms with E-state index in [0.717, 1.165) is 30.2 Å². The number of rotatable bonds is 4. The minimum Gasteiger partial charge on any atom is -0.356 e. The summed E-state index contributed by atoms with van der Waals surface area (Å²) >= 11 is 0. The van der Waals surface area contributed by atoms with E-state index in [0.29, 0.717) is 12.5 Å². The molecule has 0 atom stereocenters. The quantitative estimate of drug-likeness (QED) is 0.938. The van der Waals surface area contributed by atoms with Crippen LogP contribution in [0.2, 0.25) is 0 Å². The molecule has 1 fully saturated rings. The molecule has 0 spiro atoms. The summed E-state index contributed by atoms with van der Waals surface area (Å²) in [7, 11) is 0. The second-order valence-corrected chi connectivity index (χ2v) is 5.72. The van der Waals surface area contributed by atoms with Gasteiger partial charge < -0.3 is 10.2 Å². The molecule has 0 unspecified atom stereocenters. The second-order valence-electron chi connectivity index (χ2n) is 5.72. The third kappa shape index (κ3) is 3.72. The number of aromatic nitrogens is 2. The summed E-state index contributed by atoms with van der Waals surface area (Å²) in [5.41, 5.74) is 1.96. The fraction of sp³-hybridized carbons (Fsp3) is 0.412. The van der Waals surface area contributed by atoms with E-state index in [2.05, 4.69) is 20.2 Å². The molecule has 0 radical (unpaired) electrons. The van der Waals surface area contributed by atoms with Crippen molar-refractivity contribution in [1.82, 2.24) is 9.97 Å². The highest BCUT2D eigenvalue weighted by molar-refractivity contribution is 5.45. The van der Waals surface area contributed by atoms with Gasteiger partial charge in [-0.1, -0.05) is 12.1 Å². The van der Waals surface area contributed by atoms with Gasteiger partial charge in [0.05, 0.1) is 0 Å². The summed E-state index contributed by atoms with van der Waals surface area (Å²) in [6.45, 7) is 4.70. The van der Waals surface area contributed by atoms with Crippen molar-refractivity contribution < 1.29 is 4.39 Å². The van der Waals surface area contributed by atoms with E-state index in [1.165, 1.54) is 31.4 Å². The highest BCUT2D eigenvalue weighted by Crippen LogP contribution is 2.20. The lowest BCUT2D eigenvalue weighted by molar-refractivity contribution is 0.573. The molecule has 0 bridgehead atoms. The van der Waals surface area contributed by atoms with Crippen LogP contribution in [0, 0.1) is 12.7 Å². The molecule has 1 aromatic carbocycles. The first-order chi connectivity index (χ1) is 10.7. The fourth-order valence-corrected chi connectivity index (χ4v) is 2.70. The van der Waals surface area contributed by atoms with E-state index in [1.807, 2.05) is 13.0 Å². The van der Waals surface area contributed by atoms with E-state index >= 15 is 0 Å². The molecule has 1 N–H and O–H groups in total. The zero-order chi connectivity index (χ0) is 15.4. The first kappa shape index (κ1) is 14.8. The van der Waals surface area contributed by atoms with Crippen molar-refractivity contribution in [2.24, 2.45) is 0 Å². The number of halogens is 1. The third-order valence-corrected chi connectivity index (χ3v) is 3.88. The van der Waals surface area contributed by atoms with Crippen molar-refractivity contribution in [3.05, 3.63) is 47.4 Å². The Morgan fingerprint density at radius 2 is 1.82 bits per heavy atom. The van der Waals surface area contributed by atoms with Crippen LogP contribution in [0.1, 0.15) is 30.5 Å². The Kier molecular flexibility index (Phi) is 4.51. The Labute approximate surface area is 130 Å². The van der Waals surface area contributed by atoms with E-state index in [-0.39, 0.29) is 5.82 Å². The zero-order valence-electron chi connectivity index (χ0n) is 12.8. The lowest BCUT2D eigenvalue weighted by atomic mass is 10.1. The number of anilines is 2. The molecule has 1 aliphatic rings. The molecule has 1 aromatic heterocycles. The predicted molar refractivity (Wildman–Crippen MR) is 86.6 cm³/mol. The van der Waals surface area contributed by atoms with E-state index in [1.54, 1.807) is 12.1 Å². The second kappa shape index (κ2) is 6.73. The van der Waals surface area contributed by atoms with Crippen LogP contribution in [-0.4, -0.2) is 23.1 Å². The van der Waals surface area contributed by atoms with E-state index in [4.69, 9.17) is 0 Å². The maximum atomic E-state index is 12.9. The van der Waals surface area contributed by atoms with Crippen molar-refractivity contribution >= 4 is 11.8 Å². The van der Waals surface area contributed by atoms with Gasteiger partial charge in [-0.05, 0) is 43.9 Å². The smallest absolute Gasteiger partial charge is 0.225 e. The van der Waals surface area contributed by atoms with Gasteiger partial charge >= 0.3 is 0 Å². The van der Waals surface area contributed by atoms with Crippen molar-refractivity contribution in [1.29, 1.82) is 0 Å². The van der Waals surface area contributed by atoms with Gasteiger partial charge in [0.2, 0.25) is 5.95 Å². The molecule has 116 valence electrons. The van der Waals surface area contributed by atoms with Gasteiger partial charge in [-0.25, -0.2) is 9.37 Å². The Morgan fingerprint density at radius 3 is 2.55 bits per heavy atom. The van der Waals surface area contributed by atoms with Gasteiger partial charge in [-0.2, -0.15) is 4.98 Å². The number of nitrogens with one attached hydrogen (secondary N) is 1. The molecule has 0 aliphatic carbocycles. The first-order valence-corrected chi connectivity index (χ1v) is 7.80. The van der Waals surface area contributed by atoms with Gasteiger partial charge in [0.1, 0.15) is 11.6 Å². The van der Waals surface area contributed by atoms with Crippen LogP contribution >= 0.6 is 0 Å². The molecule has 0 saturated carbocycles. The van der Waals surface area contributed by atoms with Crippen molar-refractivity contribution in [2.45, 2.75) is 32.7 Å². The highest BCUT2D eigenvalue weighted by atomic mass is 19.1. The SMILES string of the molecule is Cc1cc(N2CCCCC2)nc(NCc2ccc(F)cc2)n1. The van der Waals surface area contributed by atoms with Crippen molar-refractivity contribution in [3.63, 3.8) is 0 Å². The maximum absolute atomic E-state index is 12.9. The molecule has 5 heteroatoms. The first-order valence-electron chi connectivity index (χ1n) is 7.80. The number of aryl methyl sites for hydroxylation is 1. The standard InChI is InChI=1S/C17H21FN4/c1-13-11-16(22-9-3-2-4-10-22)21-17(20-13)19-12-14-5-7-15(18)8-6-14/h5-8,11H,2-4,9-10,12H2,1H3,(H,19,20,21). The molecule has 3 rings (SSSR count). The minimum absolute atomic E-state index is 0.219. The largest absolute Gasteiger partial charge is 0.356 e. The van der Waals surface area contributed by atoms with E-state index in [9.17, 15) is 4.39 Å². The lowest BCUT2D eigenvalue weighted by Crippen LogP contribution is -2.30. The average Bonchev–Trinajstić information content (AvgIpc) is 2.55. The van der Waals surface area contributed by atoms with Gasteiger partial charge in [-0.15, -0.1) is 0 Å². The summed E-state index contributed by atoms with van der Waals surface area (Å²) in [5.74, 6) is 1.40. The van der Waals surface area contributed by atoms with Crippen molar-refractivity contribution in [3.8, 4) is 0 Å². The Morgan fingerprint density at radius 1 is 1.09 bits per heavy atom. The Hall–Kier alpha value is -2.17. The molecule has 22 heavy (non-hydrogen) atoms. The van der Waals surface area contributed by atoms with Gasteiger partial charge in [-0.3, -0.25) is 0 Å². The molecular formula is C17H21FN4. The molecule has 1 aliphatic heterocycles. The normalized spacial score (nSPS) is 14.9. The number of piperidine rings is 1. The van der Waals surface area contributed by atoms with Gasteiger partial charge in [0.15, 0.2) is 0 Å². The molecule has 2 heterocycles. The topological polar surface area (TPSA) is 41.1 Å². The highest BCUT2D eigenvalue weighted by Gasteiger charge is 2.13. The number of benzene rings is 1. The third-order valence-electron chi connectivity index (χ3n) is 3.88. The number of nitrogens with zero attached hydrogens (tertiary/aromatic N) is 3. The van der Waals surface area contributed by atoms with Crippen molar-refractivity contribution in [2.75, 3.05) is 23.3 Å². The lowest BCUT2D eigenvalue weighted by Gasteiger charge is -2.28. The van der Waals surface area contributed by atoms with Crippen LogP contribution < -0.4 is 10.2 Å². The zero-order valence-corrected chi connectivity index (χ0v) is 12.8. The van der Waals surface area contributed by atoms with Crippen LogP contribution in [-0.2, 0) is 6.54 Å². The van der Waals surface area contributed by atoms with Crippen LogP contribution in [0.3, 0.4) is 0 Å². The minimum atomic E-state index is -0.219. The van der Waals surface area contributed by atoms with Crippen LogP contribution in [0.4, 0.5) is 16.2 Å². The summed E-state index contributed by atoms with van der Waals surface area (Å²) < 4.78 is 12.9. The van der Waals surface area contributed by atoms with Crippen LogP contribution in [0.15, 0.2) is 30.3 Å². The Bertz CT molecular complexity index is 621. The molecule has 2 aromatic rings. The number of hydrogen-bond donors (Lipinski definition) is 1. The summed E-state index contributed by atoms with van der Waals surface area (Å²) in [6, 6.07) is 8.50. The summed E-state index contributed by atoms with van der Waals surface area (Å²) in [6.07, 6.45) is 3.75. The predicted octanol–water partition coefficient (Wildman–Crippen LogP) is 3.53. The molecular weight excluding hydrogens is 279 g/mol.